The predicted octanol–water partition coefficient (Wildman–Crippen LogP) is 0.928. The van der Waals surface area contributed by atoms with Crippen LogP contribution in [0.4, 0.5) is 9.80 Å². The van der Waals surface area contributed by atoms with Gasteiger partial charge in [-0.1, -0.05) is 18.2 Å². The van der Waals surface area contributed by atoms with E-state index in [0.29, 0.717) is 4.88 Å². The van der Waals surface area contributed by atoms with Crippen LogP contribution in [-0.2, 0) is 11.3 Å². The van der Waals surface area contributed by atoms with Crippen molar-refractivity contribution in [2.45, 2.75) is 25.6 Å². The Morgan fingerprint density at radius 3 is 2.48 bits per heavy atom. The van der Waals surface area contributed by atoms with Gasteiger partial charge in [-0.05, 0) is 30.2 Å². The first kappa shape index (κ1) is 20.4. The summed E-state index contributed by atoms with van der Waals surface area (Å²) in [5.41, 5.74) is 12.1. The summed E-state index contributed by atoms with van der Waals surface area (Å²) in [7, 11) is 0. The van der Waals surface area contributed by atoms with Crippen LogP contribution in [0.2, 0.25) is 0 Å². The topological polar surface area (TPSA) is 168 Å². The second-order valence-electron chi connectivity index (χ2n) is 5.84. The maximum absolute atomic E-state index is 11.6. The molecule has 0 aliphatic heterocycles. The number of carboxylic acids is 1. The van der Waals surface area contributed by atoms with Crippen molar-refractivity contribution in [3.8, 4) is 10.4 Å². The summed E-state index contributed by atoms with van der Waals surface area (Å²) in [4.78, 5) is 34.5. The molecule has 0 spiro atoms. The normalized spacial score (nSPS) is 13.0. The molecule has 27 heavy (non-hydrogen) atoms. The molecule has 8 N–H and O–H groups in total. The van der Waals surface area contributed by atoms with Crippen LogP contribution >= 0.6 is 11.3 Å². The number of urea groups is 1. The molecular formula is C17H20N4O5S. The SMILES string of the molecule is C[C@@H](O)[C@H](NCc1cccc(-c2cc(C(N)=O)c(NC(N)=O)s2)c1)C(=O)O. The van der Waals surface area contributed by atoms with Gasteiger partial charge in [0.1, 0.15) is 11.0 Å². The van der Waals surface area contributed by atoms with Crippen LogP contribution in [0.1, 0.15) is 22.8 Å². The molecule has 0 unspecified atom stereocenters. The highest BCUT2D eigenvalue weighted by atomic mass is 32.1. The van der Waals surface area contributed by atoms with Gasteiger partial charge in [-0.25, -0.2) is 4.79 Å². The number of carbonyl (C=O) groups excluding carboxylic acids is 2. The number of rotatable bonds is 8. The Labute approximate surface area is 159 Å². The molecule has 9 nitrogen and oxygen atoms in total. The number of nitrogens with one attached hydrogen (secondary N) is 2. The Morgan fingerprint density at radius 1 is 1.22 bits per heavy atom. The zero-order chi connectivity index (χ0) is 20.1. The number of aliphatic carboxylic acids is 1. The smallest absolute Gasteiger partial charge is 0.323 e. The lowest BCUT2D eigenvalue weighted by Gasteiger charge is -2.17. The Balaban J connectivity index is 2.25. The van der Waals surface area contributed by atoms with E-state index in [4.69, 9.17) is 16.6 Å². The molecule has 0 aliphatic carbocycles. The number of carboxylic acid groups (broad SMARTS) is 1. The van der Waals surface area contributed by atoms with Gasteiger partial charge in [0.05, 0.1) is 11.7 Å². The zero-order valence-electron chi connectivity index (χ0n) is 14.4. The molecule has 0 bridgehead atoms. The van der Waals surface area contributed by atoms with Gasteiger partial charge in [0.2, 0.25) is 0 Å². The Hall–Kier alpha value is -2.95. The molecule has 144 valence electrons. The molecule has 2 rings (SSSR count). The monoisotopic (exact) mass is 392 g/mol. The lowest BCUT2D eigenvalue weighted by atomic mass is 10.1. The molecular weight excluding hydrogens is 372 g/mol. The Kier molecular flexibility index (Phi) is 6.50. The maximum atomic E-state index is 11.6. The highest BCUT2D eigenvalue weighted by molar-refractivity contribution is 7.20. The average molecular weight is 392 g/mol. The number of benzene rings is 1. The van der Waals surface area contributed by atoms with Crippen molar-refractivity contribution in [3.63, 3.8) is 0 Å². The van der Waals surface area contributed by atoms with E-state index in [0.717, 1.165) is 22.5 Å². The summed E-state index contributed by atoms with van der Waals surface area (Å²) in [6, 6.07) is 6.83. The summed E-state index contributed by atoms with van der Waals surface area (Å²) >= 11 is 1.14. The summed E-state index contributed by atoms with van der Waals surface area (Å²) in [5, 5.41) is 24.0. The highest BCUT2D eigenvalue weighted by Gasteiger charge is 2.22. The van der Waals surface area contributed by atoms with Gasteiger partial charge in [0.25, 0.3) is 5.91 Å². The first-order chi connectivity index (χ1) is 12.7. The molecule has 10 heteroatoms. The van der Waals surface area contributed by atoms with Crippen LogP contribution in [0.15, 0.2) is 30.3 Å². The highest BCUT2D eigenvalue weighted by Crippen LogP contribution is 2.35. The average Bonchev–Trinajstić information content (AvgIpc) is 2.98. The molecule has 3 amide bonds. The second kappa shape index (κ2) is 8.62. The van der Waals surface area contributed by atoms with Gasteiger partial charge in [0.15, 0.2) is 0 Å². The number of aliphatic hydroxyl groups excluding tert-OH is 1. The van der Waals surface area contributed by atoms with Crippen molar-refractivity contribution in [1.29, 1.82) is 0 Å². The number of thiophene rings is 1. The zero-order valence-corrected chi connectivity index (χ0v) is 15.2. The Morgan fingerprint density at radius 2 is 1.93 bits per heavy atom. The van der Waals surface area contributed by atoms with Crippen LogP contribution in [-0.4, -0.2) is 40.3 Å². The number of aliphatic hydroxyl groups is 1. The third-order valence-corrected chi connectivity index (χ3v) is 4.82. The van der Waals surface area contributed by atoms with Gasteiger partial charge >= 0.3 is 12.0 Å². The third kappa shape index (κ3) is 5.26. The van der Waals surface area contributed by atoms with E-state index in [9.17, 15) is 19.5 Å². The summed E-state index contributed by atoms with van der Waals surface area (Å²) < 4.78 is 0. The lowest BCUT2D eigenvalue weighted by Crippen LogP contribution is -2.44. The second-order valence-corrected chi connectivity index (χ2v) is 6.90. The van der Waals surface area contributed by atoms with Crippen LogP contribution in [0.25, 0.3) is 10.4 Å². The molecule has 0 fully saturated rings. The van der Waals surface area contributed by atoms with E-state index in [2.05, 4.69) is 10.6 Å². The van der Waals surface area contributed by atoms with E-state index >= 15 is 0 Å². The molecule has 1 aromatic carbocycles. The fourth-order valence-corrected chi connectivity index (χ4v) is 3.51. The Bertz CT molecular complexity index is 865. The summed E-state index contributed by atoms with van der Waals surface area (Å²) in [6.45, 7) is 1.61. The maximum Gasteiger partial charge on any atom is 0.323 e. The minimum Gasteiger partial charge on any atom is -0.480 e. The van der Waals surface area contributed by atoms with Gasteiger partial charge in [-0.3, -0.25) is 20.2 Å². The number of hydrogen-bond donors (Lipinski definition) is 6. The standard InChI is InChI=1S/C17H20N4O5S/c1-8(22)13(16(24)25)20-7-9-3-2-4-10(5-9)12-6-11(14(18)23)15(27-12)21-17(19)26/h2-6,8,13,20,22H,7H2,1H3,(H2,18,23)(H,24,25)(H3,19,21,26)/t8-,13+/m1/s1. The van der Waals surface area contributed by atoms with E-state index < -0.39 is 30.1 Å². The molecule has 0 radical (unpaired) electrons. The molecule has 2 atom stereocenters. The van der Waals surface area contributed by atoms with Gasteiger partial charge < -0.3 is 21.7 Å². The fourth-order valence-electron chi connectivity index (χ4n) is 2.45. The number of amides is 3. The molecule has 1 aromatic heterocycles. The first-order valence-corrected chi connectivity index (χ1v) is 8.74. The van der Waals surface area contributed by atoms with E-state index in [1.165, 1.54) is 6.92 Å². The number of anilines is 1. The quantitative estimate of drug-likeness (QED) is 0.390. The summed E-state index contributed by atoms with van der Waals surface area (Å²) in [5.74, 6) is -1.84. The van der Waals surface area contributed by atoms with Crippen LogP contribution in [0.5, 0.6) is 0 Å². The fraction of sp³-hybridized carbons (Fsp3) is 0.235. The molecule has 1 heterocycles. The number of carbonyl (C=O) groups is 3. The number of hydrogen-bond acceptors (Lipinski definition) is 6. The van der Waals surface area contributed by atoms with Crippen molar-refractivity contribution >= 4 is 34.2 Å². The minimum atomic E-state index is -1.15. The van der Waals surface area contributed by atoms with Crippen molar-refractivity contribution in [3.05, 3.63) is 41.5 Å². The van der Waals surface area contributed by atoms with Gasteiger partial charge in [0, 0.05) is 11.4 Å². The van der Waals surface area contributed by atoms with Crippen LogP contribution in [0, 0.1) is 0 Å². The van der Waals surface area contributed by atoms with Gasteiger partial charge in [-0.15, -0.1) is 11.3 Å². The largest absolute Gasteiger partial charge is 0.480 e. The lowest BCUT2D eigenvalue weighted by molar-refractivity contribution is -0.142. The summed E-state index contributed by atoms with van der Waals surface area (Å²) in [6.07, 6.45) is -1.05. The molecule has 0 saturated carbocycles. The number of primary amides is 2. The van der Waals surface area contributed by atoms with Crippen molar-refractivity contribution in [2.24, 2.45) is 11.5 Å². The molecule has 0 saturated heterocycles. The van der Waals surface area contributed by atoms with Crippen molar-refractivity contribution < 1.29 is 24.6 Å². The van der Waals surface area contributed by atoms with E-state index in [1.807, 2.05) is 0 Å². The van der Waals surface area contributed by atoms with Crippen LogP contribution in [0.3, 0.4) is 0 Å². The minimum absolute atomic E-state index is 0.150. The molecule has 2 aromatic rings. The van der Waals surface area contributed by atoms with Crippen molar-refractivity contribution in [1.82, 2.24) is 5.32 Å². The number of nitrogens with two attached hydrogens (primary N) is 2. The van der Waals surface area contributed by atoms with Crippen LogP contribution < -0.4 is 22.1 Å². The molecule has 0 aliphatic rings. The third-order valence-electron chi connectivity index (χ3n) is 3.72. The first-order valence-electron chi connectivity index (χ1n) is 7.92. The van der Waals surface area contributed by atoms with Gasteiger partial charge in [-0.2, -0.15) is 0 Å². The van der Waals surface area contributed by atoms with E-state index in [-0.39, 0.29) is 17.1 Å². The predicted molar refractivity (Wildman–Crippen MR) is 101 cm³/mol. The van der Waals surface area contributed by atoms with Crippen molar-refractivity contribution in [2.75, 3.05) is 5.32 Å². The van der Waals surface area contributed by atoms with E-state index in [1.54, 1.807) is 30.3 Å².